The minimum Gasteiger partial charge on any atom is -0.449 e. The maximum atomic E-state index is 5.75. The molecule has 1 aliphatic heterocycles. The molecule has 4 nitrogen and oxygen atoms in total. The fraction of sp³-hybridized carbons (Fsp3) is 0.625. The number of hydrogen-bond acceptors (Lipinski definition) is 4. The molecule has 0 amide bonds. The normalized spacial score (nSPS) is 17.9. The Morgan fingerprint density at radius 2 is 1.90 bits per heavy atom. The number of ether oxygens (including phenoxy) is 3. The van der Waals surface area contributed by atoms with Gasteiger partial charge in [-0.2, -0.15) is 0 Å². The Bertz CT molecular complexity index is 483. The first-order chi connectivity index (χ1) is 9.21. The van der Waals surface area contributed by atoms with Crippen LogP contribution in [0.2, 0.25) is 0 Å². The summed E-state index contributed by atoms with van der Waals surface area (Å²) in [5.74, 6) is 1.01. The summed E-state index contributed by atoms with van der Waals surface area (Å²) >= 11 is 0. The van der Waals surface area contributed by atoms with E-state index in [0.29, 0.717) is 6.04 Å². The topological polar surface area (TPSA) is 39.7 Å². The Labute approximate surface area is 121 Å². The minimum atomic E-state index is -0.579. The van der Waals surface area contributed by atoms with Crippen molar-refractivity contribution in [2.75, 3.05) is 12.4 Å². The van der Waals surface area contributed by atoms with Crippen LogP contribution in [0.15, 0.2) is 18.2 Å². The SMILES string of the molecule is COC(C)(C)CC(C)Nc1ccc2c(c1)OC(C)(C)O2. The van der Waals surface area contributed by atoms with Crippen molar-refractivity contribution in [3.05, 3.63) is 18.2 Å². The van der Waals surface area contributed by atoms with Gasteiger partial charge in [-0.25, -0.2) is 0 Å². The molecule has 1 N–H and O–H groups in total. The molecule has 1 aromatic rings. The van der Waals surface area contributed by atoms with Gasteiger partial charge in [0.05, 0.1) is 5.60 Å². The molecule has 1 aromatic carbocycles. The number of rotatable bonds is 5. The predicted molar refractivity (Wildman–Crippen MR) is 80.6 cm³/mol. The lowest BCUT2D eigenvalue weighted by atomic mass is 9.99. The number of nitrogens with one attached hydrogen (secondary N) is 1. The van der Waals surface area contributed by atoms with E-state index in [1.165, 1.54) is 0 Å². The van der Waals surface area contributed by atoms with Crippen LogP contribution in [0, 0.1) is 0 Å². The van der Waals surface area contributed by atoms with Gasteiger partial charge in [0.15, 0.2) is 11.5 Å². The van der Waals surface area contributed by atoms with Crippen LogP contribution >= 0.6 is 0 Å². The zero-order valence-corrected chi connectivity index (χ0v) is 13.2. The quantitative estimate of drug-likeness (QED) is 0.889. The molecule has 0 aromatic heterocycles. The van der Waals surface area contributed by atoms with Gasteiger partial charge in [-0.3, -0.25) is 0 Å². The third kappa shape index (κ3) is 3.57. The molecule has 1 heterocycles. The van der Waals surface area contributed by atoms with Crippen LogP contribution in [-0.4, -0.2) is 24.5 Å². The van der Waals surface area contributed by atoms with Crippen LogP contribution in [0.5, 0.6) is 11.5 Å². The molecule has 1 atom stereocenters. The van der Waals surface area contributed by atoms with E-state index in [1.807, 2.05) is 32.0 Å². The van der Waals surface area contributed by atoms with E-state index in [-0.39, 0.29) is 5.60 Å². The maximum absolute atomic E-state index is 5.75. The van der Waals surface area contributed by atoms with Crippen LogP contribution in [0.25, 0.3) is 0 Å². The molecule has 0 radical (unpaired) electrons. The van der Waals surface area contributed by atoms with Crippen molar-refractivity contribution < 1.29 is 14.2 Å². The molecule has 0 bridgehead atoms. The van der Waals surface area contributed by atoms with Crippen molar-refractivity contribution in [1.29, 1.82) is 0 Å². The van der Waals surface area contributed by atoms with Crippen LogP contribution in [-0.2, 0) is 4.74 Å². The highest BCUT2D eigenvalue weighted by Gasteiger charge is 2.31. The third-order valence-electron chi connectivity index (χ3n) is 3.42. The van der Waals surface area contributed by atoms with E-state index in [4.69, 9.17) is 14.2 Å². The average molecular weight is 279 g/mol. The maximum Gasteiger partial charge on any atom is 0.246 e. The molecular weight excluding hydrogens is 254 g/mol. The van der Waals surface area contributed by atoms with Crippen molar-refractivity contribution in [3.63, 3.8) is 0 Å². The van der Waals surface area contributed by atoms with Crippen LogP contribution < -0.4 is 14.8 Å². The Morgan fingerprint density at radius 1 is 1.25 bits per heavy atom. The van der Waals surface area contributed by atoms with E-state index in [0.717, 1.165) is 23.6 Å². The number of methoxy groups -OCH3 is 1. The second kappa shape index (κ2) is 5.17. The highest BCUT2D eigenvalue weighted by atomic mass is 16.7. The first-order valence-corrected chi connectivity index (χ1v) is 7.04. The predicted octanol–water partition coefficient (Wildman–Crippen LogP) is 3.81. The van der Waals surface area contributed by atoms with Crippen LogP contribution in [0.4, 0.5) is 5.69 Å². The number of benzene rings is 1. The molecule has 0 spiro atoms. The monoisotopic (exact) mass is 279 g/mol. The van der Waals surface area contributed by atoms with Gasteiger partial charge < -0.3 is 19.5 Å². The van der Waals surface area contributed by atoms with Crippen LogP contribution in [0.1, 0.15) is 41.0 Å². The van der Waals surface area contributed by atoms with E-state index < -0.39 is 5.79 Å². The molecule has 1 aliphatic rings. The summed E-state index contributed by atoms with van der Waals surface area (Å²) in [5, 5.41) is 3.47. The Balaban J connectivity index is 2.02. The molecule has 0 aliphatic carbocycles. The zero-order chi connectivity index (χ0) is 15.0. The summed E-state index contributed by atoms with van der Waals surface area (Å²) in [6, 6.07) is 6.25. The molecule has 2 rings (SSSR count). The fourth-order valence-electron chi connectivity index (χ4n) is 2.47. The van der Waals surface area contributed by atoms with Crippen molar-refractivity contribution in [2.24, 2.45) is 0 Å². The largest absolute Gasteiger partial charge is 0.449 e. The molecule has 0 fully saturated rings. The first kappa shape index (κ1) is 15.0. The van der Waals surface area contributed by atoms with Gasteiger partial charge >= 0.3 is 0 Å². The lowest BCUT2D eigenvalue weighted by Gasteiger charge is -2.27. The second-order valence-electron chi connectivity index (χ2n) is 6.48. The zero-order valence-electron chi connectivity index (χ0n) is 13.2. The summed E-state index contributed by atoms with van der Waals surface area (Å²) < 4.78 is 16.9. The summed E-state index contributed by atoms with van der Waals surface area (Å²) in [6.07, 6.45) is 0.920. The van der Waals surface area contributed by atoms with Crippen molar-refractivity contribution >= 4 is 5.69 Å². The highest BCUT2D eigenvalue weighted by Crippen LogP contribution is 2.40. The summed E-state index contributed by atoms with van der Waals surface area (Å²) in [4.78, 5) is 0. The van der Waals surface area contributed by atoms with Gasteiger partial charge in [0.25, 0.3) is 0 Å². The van der Waals surface area contributed by atoms with Crippen molar-refractivity contribution in [3.8, 4) is 11.5 Å². The van der Waals surface area contributed by atoms with E-state index in [9.17, 15) is 0 Å². The van der Waals surface area contributed by atoms with Gasteiger partial charge in [0.2, 0.25) is 5.79 Å². The molecule has 0 saturated carbocycles. The number of fused-ring (bicyclic) bond motifs is 1. The molecule has 112 valence electrons. The lowest BCUT2D eigenvalue weighted by Crippen LogP contribution is -2.31. The van der Waals surface area contributed by atoms with E-state index in [2.05, 4.69) is 26.1 Å². The molecular formula is C16H25NO3. The number of hydrogen-bond donors (Lipinski definition) is 1. The standard InChI is InChI=1S/C16H25NO3/c1-11(10-15(2,3)18-6)17-12-7-8-13-14(9-12)20-16(4,5)19-13/h7-9,11,17H,10H2,1-6H3. The highest BCUT2D eigenvalue weighted by molar-refractivity contribution is 5.56. The van der Waals surface area contributed by atoms with Gasteiger partial charge in [-0.05, 0) is 39.3 Å². The molecule has 4 heteroatoms. The first-order valence-electron chi connectivity index (χ1n) is 7.04. The fourth-order valence-corrected chi connectivity index (χ4v) is 2.47. The Hall–Kier alpha value is -1.42. The molecule has 0 saturated heterocycles. The summed E-state index contributed by atoms with van der Waals surface area (Å²) in [5.41, 5.74) is 0.898. The van der Waals surface area contributed by atoms with Crippen molar-refractivity contribution in [1.82, 2.24) is 0 Å². The van der Waals surface area contributed by atoms with Crippen molar-refractivity contribution in [2.45, 2.75) is 58.5 Å². The van der Waals surface area contributed by atoms with E-state index in [1.54, 1.807) is 7.11 Å². The average Bonchev–Trinajstić information content (AvgIpc) is 2.61. The smallest absolute Gasteiger partial charge is 0.246 e. The minimum absolute atomic E-state index is 0.134. The van der Waals surface area contributed by atoms with Gasteiger partial charge in [0, 0.05) is 38.8 Å². The third-order valence-corrected chi connectivity index (χ3v) is 3.42. The molecule has 20 heavy (non-hydrogen) atoms. The second-order valence-corrected chi connectivity index (χ2v) is 6.48. The summed E-state index contributed by atoms with van der Waals surface area (Å²) in [6.45, 7) is 10.1. The Morgan fingerprint density at radius 3 is 2.55 bits per heavy atom. The van der Waals surface area contributed by atoms with Crippen LogP contribution in [0.3, 0.4) is 0 Å². The molecule has 1 unspecified atom stereocenters. The Kier molecular flexibility index (Phi) is 3.87. The summed E-state index contributed by atoms with van der Waals surface area (Å²) in [7, 11) is 1.75. The van der Waals surface area contributed by atoms with Gasteiger partial charge in [-0.15, -0.1) is 0 Å². The number of anilines is 1. The van der Waals surface area contributed by atoms with E-state index >= 15 is 0 Å². The van der Waals surface area contributed by atoms with Gasteiger partial charge in [0.1, 0.15) is 0 Å². The van der Waals surface area contributed by atoms with Gasteiger partial charge in [-0.1, -0.05) is 0 Å². The lowest BCUT2D eigenvalue weighted by molar-refractivity contribution is -0.0431.